The van der Waals surface area contributed by atoms with Crippen LogP contribution in [-0.2, 0) is 11.3 Å². The molecule has 0 heterocycles. The van der Waals surface area contributed by atoms with E-state index in [0.29, 0.717) is 17.9 Å². The highest BCUT2D eigenvalue weighted by Crippen LogP contribution is 2.17. The summed E-state index contributed by atoms with van der Waals surface area (Å²) in [4.78, 5) is 11.9. The Morgan fingerprint density at radius 1 is 1.15 bits per heavy atom. The average Bonchev–Trinajstić information content (AvgIpc) is 2.53. The Morgan fingerprint density at radius 2 is 1.80 bits per heavy atom. The first kappa shape index (κ1) is 14.1. The van der Waals surface area contributed by atoms with Crippen LogP contribution in [-0.4, -0.2) is 18.1 Å². The second-order valence-corrected chi connectivity index (χ2v) is 4.38. The number of amides is 1. The number of methoxy groups -OCH3 is 1. The van der Waals surface area contributed by atoms with E-state index in [2.05, 4.69) is 5.32 Å². The lowest BCUT2D eigenvalue weighted by Crippen LogP contribution is -2.28. The number of hydrogen-bond acceptors (Lipinski definition) is 3. The van der Waals surface area contributed by atoms with Crippen molar-refractivity contribution in [1.29, 1.82) is 0 Å². The van der Waals surface area contributed by atoms with Crippen molar-refractivity contribution in [3.63, 3.8) is 0 Å². The quantitative estimate of drug-likeness (QED) is 0.875. The first-order chi connectivity index (χ1) is 9.70. The van der Waals surface area contributed by atoms with Gasteiger partial charge in [0.25, 0.3) is 5.91 Å². The molecule has 0 aromatic heterocycles. The lowest BCUT2D eigenvalue weighted by Gasteiger charge is -2.12. The van der Waals surface area contributed by atoms with Crippen molar-refractivity contribution in [2.45, 2.75) is 12.6 Å². The Morgan fingerprint density at radius 3 is 2.40 bits per heavy atom. The number of aliphatic hydroxyl groups excluding tert-OH is 1. The van der Waals surface area contributed by atoms with Gasteiger partial charge in [-0.3, -0.25) is 4.79 Å². The molecule has 2 rings (SSSR count). The molecule has 0 fully saturated rings. The molecular formula is C16H17NO3. The van der Waals surface area contributed by atoms with Crippen LogP contribution < -0.4 is 10.1 Å². The number of aliphatic hydroxyl groups is 1. The molecule has 0 radical (unpaired) electrons. The molecule has 2 N–H and O–H groups in total. The molecule has 0 aliphatic carbocycles. The fraction of sp³-hybridized carbons (Fsp3) is 0.188. The molecule has 2 aromatic rings. The van der Waals surface area contributed by atoms with Crippen LogP contribution in [0.3, 0.4) is 0 Å². The van der Waals surface area contributed by atoms with E-state index in [-0.39, 0.29) is 0 Å². The summed E-state index contributed by atoms with van der Waals surface area (Å²) >= 11 is 0. The maximum Gasteiger partial charge on any atom is 0.253 e. The van der Waals surface area contributed by atoms with Crippen LogP contribution in [0.5, 0.6) is 5.75 Å². The normalized spacial score (nSPS) is 11.7. The molecule has 4 heteroatoms. The maximum absolute atomic E-state index is 11.9. The zero-order valence-electron chi connectivity index (χ0n) is 11.2. The van der Waals surface area contributed by atoms with Gasteiger partial charge in [-0.2, -0.15) is 0 Å². The summed E-state index contributed by atoms with van der Waals surface area (Å²) in [7, 11) is 1.57. The fourth-order valence-electron chi connectivity index (χ4n) is 1.82. The molecule has 20 heavy (non-hydrogen) atoms. The van der Waals surface area contributed by atoms with E-state index >= 15 is 0 Å². The standard InChI is InChI=1S/C16H17NO3/c1-20-14-9-7-13(8-10-14)15(18)16(19)17-11-12-5-3-2-4-6-12/h2-10,15,18H,11H2,1H3,(H,17,19)/t15-/m0/s1. The Labute approximate surface area is 118 Å². The second-order valence-electron chi connectivity index (χ2n) is 4.38. The average molecular weight is 271 g/mol. The molecule has 0 aliphatic heterocycles. The Balaban J connectivity index is 1.94. The lowest BCUT2D eigenvalue weighted by atomic mass is 10.1. The number of nitrogens with one attached hydrogen (secondary N) is 1. The van der Waals surface area contributed by atoms with Gasteiger partial charge in [-0.15, -0.1) is 0 Å². The van der Waals surface area contributed by atoms with E-state index in [0.717, 1.165) is 5.56 Å². The molecule has 0 spiro atoms. The van der Waals surface area contributed by atoms with E-state index < -0.39 is 12.0 Å². The number of hydrogen-bond donors (Lipinski definition) is 2. The van der Waals surface area contributed by atoms with E-state index in [1.807, 2.05) is 30.3 Å². The van der Waals surface area contributed by atoms with Crippen molar-refractivity contribution in [2.24, 2.45) is 0 Å². The zero-order chi connectivity index (χ0) is 14.4. The third-order valence-electron chi connectivity index (χ3n) is 2.99. The van der Waals surface area contributed by atoms with E-state index in [9.17, 15) is 9.90 Å². The molecular weight excluding hydrogens is 254 g/mol. The van der Waals surface area contributed by atoms with Crippen molar-refractivity contribution in [1.82, 2.24) is 5.32 Å². The highest BCUT2D eigenvalue weighted by atomic mass is 16.5. The molecule has 4 nitrogen and oxygen atoms in total. The summed E-state index contributed by atoms with van der Waals surface area (Å²) in [6.07, 6.45) is -1.18. The predicted octanol–water partition coefficient (Wildman–Crippen LogP) is 2.04. The number of benzene rings is 2. The van der Waals surface area contributed by atoms with Gasteiger partial charge < -0.3 is 15.2 Å². The lowest BCUT2D eigenvalue weighted by molar-refractivity contribution is -0.129. The van der Waals surface area contributed by atoms with Crippen LogP contribution in [0.1, 0.15) is 17.2 Å². The number of carbonyl (C=O) groups is 1. The Kier molecular flexibility index (Phi) is 4.74. The van der Waals surface area contributed by atoms with Gasteiger partial charge in [-0.05, 0) is 23.3 Å². The van der Waals surface area contributed by atoms with Crippen molar-refractivity contribution in [2.75, 3.05) is 7.11 Å². The van der Waals surface area contributed by atoms with Gasteiger partial charge in [0.15, 0.2) is 6.10 Å². The van der Waals surface area contributed by atoms with Gasteiger partial charge >= 0.3 is 0 Å². The van der Waals surface area contributed by atoms with Gasteiger partial charge in [0.05, 0.1) is 7.11 Å². The van der Waals surface area contributed by atoms with Crippen LogP contribution in [0, 0.1) is 0 Å². The van der Waals surface area contributed by atoms with E-state index in [1.54, 1.807) is 31.4 Å². The summed E-state index contributed by atoms with van der Waals surface area (Å²) < 4.78 is 5.03. The summed E-state index contributed by atoms with van der Waals surface area (Å²) in [6, 6.07) is 16.3. The summed E-state index contributed by atoms with van der Waals surface area (Å²) in [5, 5.41) is 12.7. The van der Waals surface area contributed by atoms with Gasteiger partial charge in [-0.25, -0.2) is 0 Å². The summed E-state index contributed by atoms with van der Waals surface area (Å²) in [6.45, 7) is 0.396. The predicted molar refractivity (Wildman–Crippen MR) is 76.2 cm³/mol. The number of rotatable bonds is 5. The van der Waals surface area contributed by atoms with Crippen LogP contribution in [0.25, 0.3) is 0 Å². The summed E-state index contributed by atoms with van der Waals surface area (Å²) in [5.74, 6) is 0.268. The number of ether oxygens (including phenoxy) is 1. The molecule has 1 atom stereocenters. The minimum atomic E-state index is -1.18. The molecule has 0 bridgehead atoms. The van der Waals surface area contributed by atoms with Gasteiger partial charge in [-0.1, -0.05) is 42.5 Å². The minimum absolute atomic E-state index is 0.396. The molecule has 0 aliphatic rings. The first-order valence-electron chi connectivity index (χ1n) is 6.34. The fourth-order valence-corrected chi connectivity index (χ4v) is 1.82. The largest absolute Gasteiger partial charge is 0.497 e. The monoisotopic (exact) mass is 271 g/mol. The highest BCUT2D eigenvalue weighted by Gasteiger charge is 2.16. The summed E-state index contributed by atoms with van der Waals surface area (Å²) in [5.41, 5.74) is 1.53. The van der Waals surface area contributed by atoms with Gasteiger partial charge in [0, 0.05) is 6.54 Å². The smallest absolute Gasteiger partial charge is 0.253 e. The van der Waals surface area contributed by atoms with E-state index in [4.69, 9.17) is 4.74 Å². The van der Waals surface area contributed by atoms with Crippen molar-refractivity contribution >= 4 is 5.91 Å². The van der Waals surface area contributed by atoms with E-state index in [1.165, 1.54) is 0 Å². The molecule has 0 saturated heterocycles. The molecule has 0 saturated carbocycles. The highest BCUT2D eigenvalue weighted by molar-refractivity contribution is 5.81. The van der Waals surface area contributed by atoms with Crippen LogP contribution in [0.15, 0.2) is 54.6 Å². The third-order valence-corrected chi connectivity index (χ3v) is 2.99. The van der Waals surface area contributed by atoms with Gasteiger partial charge in [0.1, 0.15) is 5.75 Å². The SMILES string of the molecule is COc1ccc([C@H](O)C(=O)NCc2ccccc2)cc1. The second kappa shape index (κ2) is 6.73. The maximum atomic E-state index is 11.9. The Bertz CT molecular complexity index is 552. The number of carbonyl (C=O) groups excluding carboxylic acids is 1. The van der Waals surface area contributed by atoms with Gasteiger partial charge in [0.2, 0.25) is 0 Å². The van der Waals surface area contributed by atoms with Crippen LogP contribution in [0.4, 0.5) is 0 Å². The first-order valence-corrected chi connectivity index (χ1v) is 6.34. The Hall–Kier alpha value is -2.33. The molecule has 0 unspecified atom stereocenters. The topological polar surface area (TPSA) is 58.6 Å². The zero-order valence-corrected chi connectivity index (χ0v) is 11.2. The molecule has 104 valence electrons. The van der Waals surface area contributed by atoms with Crippen molar-refractivity contribution < 1.29 is 14.6 Å². The third kappa shape index (κ3) is 3.59. The van der Waals surface area contributed by atoms with Crippen LogP contribution >= 0.6 is 0 Å². The molecule has 1 amide bonds. The molecule has 2 aromatic carbocycles. The van der Waals surface area contributed by atoms with Crippen molar-refractivity contribution in [3.8, 4) is 5.75 Å². The minimum Gasteiger partial charge on any atom is -0.497 e. The van der Waals surface area contributed by atoms with Crippen LogP contribution in [0.2, 0.25) is 0 Å². The van der Waals surface area contributed by atoms with Crippen molar-refractivity contribution in [3.05, 3.63) is 65.7 Å².